The van der Waals surface area contributed by atoms with Crippen molar-refractivity contribution < 1.29 is 13.2 Å². The van der Waals surface area contributed by atoms with Gasteiger partial charge in [0.05, 0.1) is 6.20 Å². The molecule has 3 N–H and O–H groups in total. The summed E-state index contributed by atoms with van der Waals surface area (Å²) in [6.07, 6.45) is -3.54. The average Bonchev–Trinajstić information content (AvgIpc) is 2.13. The summed E-state index contributed by atoms with van der Waals surface area (Å²) in [7, 11) is 0. The fourth-order valence-electron chi connectivity index (χ4n) is 1.13. The lowest BCUT2D eigenvalue weighted by atomic mass is 9.88. The number of nitrogens with one attached hydrogen (secondary N) is 1. The highest BCUT2D eigenvalue weighted by atomic mass is 19.4. The van der Waals surface area contributed by atoms with E-state index in [1.807, 2.05) is 27.7 Å². The Morgan fingerprint density at radius 1 is 1.28 bits per heavy atom. The van der Waals surface area contributed by atoms with Crippen molar-refractivity contribution in [3.63, 3.8) is 0 Å². The smallest absolute Gasteiger partial charge is 0.382 e. The summed E-state index contributed by atoms with van der Waals surface area (Å²) in [5.41, 5.74) is 4.05. The van der Waals surface area contributed by atoms with Gasteiger partial charge in [-0.3, -0.25) is 0 Å². The van der Waals surface area contributed by atoms with Crippen LogP contribution in [0.1, 0.15) is 33.4 Å². The third-order valence-corrected chi connectivity index (χ3v) is 2.73. The molecule has 0 fully saturated rings. The molecule has 1 atom stereocenters. The first-order chi connectivity index (χ1) is 8.01. The standard InChI is InChI=1S/C11H17F3N4/c1-6(10(2,3)4)17-7-5-16-8(9(15)18-7)11(12,13)14/h5-6H,1-4H3,(H3,15,17,18). The Morgan fingerprint density at radius 3 is 2.22 bits per heavy atom. The molecule has 0 aliphatic rings. The van der Waals surface area contributed by atoms with Gasteiger partial charge < -0.3 is 11.1 Å². The minimum Gasteiger partial charge on any atom is -0.382 e. The number of alkyl halides is 3. The first-order valence-electron chi connectivity index (χ1n) is 5.48. The van der Waals surface area contributed by atoms with Crippen molar-refractivity contribution in [2.45, 2.75) is 39.9 Å². The Hall–Kier alpha value is -1.53. The second-order valence-corrected chi connectivity index (χ2v) is 5.22. The molecule has 1 rings (SSSR count). The Kier molecular flexibility index (Phi) is 3.73. The molecule has 102 valence electrons. The second kappa shape index (κ2) is 4.62. The molecule has 0 aliphatic heterocycles. The molecule has 4 nitrogen and oxygen atoms in total. The van der Waals surface area contributed by atoms with Crippen LogP contribution in [0.3, 0.4) is 0 Å². The maximum Gasteiger partial charge on any atom is 0.437 e. The van der Waals surface area contributed by atoms with E-state index in [2.05, 4.69) is 15.3 Å². The lowest BCUT2D eigenvalue weighted by Gasteiger charge is -2.28. The van der Waals surface area contributed by atoms with Crippen LogP contribution in [0.5, 0.6) is 0 Å². The van der Waals surface area contributed by atoms with Crippen molar-refractivity contribution in [1.82, 2.24) is 9.97 Å². The molecular formula is C11H17F3N4. The van der Waals surface area contributed by atoms with Crippen LogP contribution in [-0.2, 0) is 6.18 Å². The number of hydrogen-bond donors (Lipinski definition) is 2. The van der Waals surface area contributed by atoms with E-state index in [9.17, 15) is 13.2 Å². The zero-order valence-electron chi connectivity index (χ0n) is 10.8. The first kappa shape index (κ1) is 14.5. The molecule has 0 amide bonds. The molecule has 0 aromatic carbocycles. The summed E-state index contributed by atoms with van der Waals surface area (Å²) in [6.45, 7) is 7.93. The molecule has 1 heterocycles. The van der Waals surface area contributed by atoms with Crippen LogP contribution < -0.4 is 11.1 Å². The molecular weight excluding hydrogens is 245 g/mol. The summed E-state index contributed by atoms with van der Waals surface area (Å²) in [4.78, 5) is 6.99. The highest BCUT2D eigenvalue weighted by molar-refractivity contribution is 5.45. The van der Waals surface area contributed by atoms with Gasteiger partial charge >= 0.3 is 6.18 Å². The molecule has 1 unspecified atom stereocenters. The summed E-state index contributed by atoms with van der Waals surface area (Å²) < 4.78 is 37.3. The van der Waals surface area contributed by atoms with Gasteiger partial charge in [0.15, 0.2) is 11.5 Å². The molecule has 0 aliphatic carbocycles. The van der Waals surface area contributed by atoms with Gasteiger partial charge in [0.2, 0.25) is 0 Å². The number of rotatable bonds is 2. The molecule has 0 saturated carbocycles. The highest BCUT2D eigenvalue weighted by Crippen LogP contribution is 2.31. The molecule has 7 heteroatoms. The van der Waals surface area contributed by atoms with Crippen LogP contribution >= 0.6 is 0 Å². The van der Waals surface area contributed by atoms with Gasteiger partial charge in [0, 0.05) is 6.04 Å². The lowest BCUT2D eigenvalue weighted by Crippen LogP contribution is -2.31. The first-order valence-corrected chi connectivity index (χ1v) is 5.48. The Bertz CT molecular complexity index is 423. The molecule has 0 bridgehead atoms. The zero-order valence-corrected chi connectivity index (χ0v) is 10.8. The van der Waals surface area contributed by atoms with Crippen molar-refractivity contribution in [2.75, 3.05) is 11.1 Å². The zero-order chi connectivity index (χ0) is 14.1. The Morgan fingerprint density at radius 2 is 1.83 bits per heavy atom. The SMILES string of the molecule is CC(Nc1cnc(C(F)(F)F)c(N)n1)C(C)(C)C. The van der Waals surface area contributed by atoms with E-state index >= 15 is 0 Å². The Balaban J connectivity index is 2.93. The van der Waals surface area contributed by atoms with Gasteiger partial charge in [0.1, 0.15) is 5.82 Å². The van der Waals surface area contributed by atoms with E-state index in [1.54, 1.807) is 0 Å². The van der Waals surface area contributed by atoms with Crippen molar-refractivity contribution in [2.24, 2.45) is 5.41 Å². The third-order valence-electron chi connectivity index (χ3n) is 2.73. The van der Waals surface area contributed by atoms with Crippen molar-refractivity contribution >= 4 is 11.6 Å². The number of nitrogens with two attached hydrogens (primary N) is 1. The monoisotopic (exact) mass is 262 g/mol. The minimum absolute atomic E-state index is 0.0166. The van der Waals surface area contributed by atoms with Gasteiger partial charge in [-0.25, -0.2) is 9.97 Å². The van der Waals surface area contributed by atoms with Gasteiger partial charge in [-0.2, -0.15) is 13.2 Å². The molecule has 0 saturated heterocycles. The van der Waals surface area contributed by atoms with Crippen LogP contribution in [0.15, 0.2) is 6.20 Å². The van der Waals surface area contributed by atoms with Gasteiger partial charge in [0.25, 0.3) is 0 Å². The van der Waals surface area contributed by atoms with E-state index in [4.69, 9.17) is 5.73 Å². The topological polar surface area (TPSA) is 63.8 Å². The normalized spacial score (nSPS) is 14.4. The van der Waals surface area contributed by atoms with Crippen LogP contribution in [0, 0.1) is 5.41 Å². The average molecular weight is 262 g/mol. The Labute approximate surface area is 104 Å². The van der Waals surface area contributed by atoms with Crippen molar-refractivity contribution in [3.8, 4) is 0 Å². The van der Waals surface area contributed by atoms with Gasteiger partial charge in [-0.15, -0.1) is 0 Å². The number of halogens is 3. The van der Waals surface area contributed by atoms with Crippen LogP contribution in [-0.4, -0.2) is 16.0 Å². The second-order valence-electron chi connectivity index (χ2n) is 5.22. The van der Waals surface area contributed by atoms with Crippen molar-refractivity contribution in [1.29, 1.82) is 0 Å². The van der Waals surface area contributed by atoms with E-state index in [0.717, 1.165) is 6.20 Å². The quantitative estimate of drug-likeness (QED) is 0.860. The maximum atomic E-state index is 12.4. The number of nitrogens with zero attached hydrogens (tertiary/aromatic N) is 2. The summed E-state index contributed by atoms with van der Waals surface area (Å²) in [6, 6.07) is 0.0166. The predicted octanol–water partition coefficient (Wildman–Crippen LogP) is 2.92. The van der Waals surface area contributed by atoms with E-state index in [1.165, 1.54) is 0 Å². The van der Waals surface area contributed by atoms with E-state index in [-0.39, 0.29) is 17.3 Å². The van der Waals surface area contributed by atoms with Gasteiger partial charge in [-0.1, -0.05) is 20.8 Å². The fourth-order valence-corrected chi connectivity index (χ4v) is 1.13. The molecule has 1 aromatic rings. The molecule has 1 aromatic heterocycles. The summed E-state index contributed by atoms with van der Waals surface area (Å²) in [5.74, 6) is -0.378. The number of aromatic nitrogens is 2. The summed E-state index contributed by atoms with van der Waals surface area (Å²) in [5, 5.41) is 2.98. The lowest BCUT2D eigenvalue weighted by molar-refractivity contribution is -0.140. The third kappa shape index (κ3) is 3.48. The van der Waals surface area contributed by atoms with Crippen LogP contribution in [0.25, 0.3) is 0 Å². The highest BCUT2D eigenvalue weighted by Gasteiger charge is 2.36. The van der Waals surface area contributed by atoms with Crippen LogP contribution in [0.4, 0.5) is 24.8 Å². The van der Waals surface area contributed by atoms with Crippen LogP contribution in [0.2, 0.25) is 0 Å². The fraction of sp³-hybridized carbons (Fsp3) is 0.636. The largest absolute Gasteiger partial charge is 0.437 e. The predicted molar refractivity (Wildman–Crippen MR) is 64.0 cm³/mol. The van der Waals surface area contributed by atoms with Gasteiger partial charge in [-0.05, 0) is 12.3 Å². The van der Waals surface area contributed by atoms with E-state index in [0.29, 0.717) is 0 Å². The number of anilines is 2. The summed E-state index contributed by atoms with van der Waals surface area (Å²) >= 11 is 0. The number of hydrogen-bond acceptors (Lipinski definition) is 4. The van der Waals surface area contributed by atoms with E-state index < -0.39 is 17.7 Å². The molecule has 0 spiro atoms. The molecule has 0 radical (unpaired) electrons. The minimum atomic E-state index is -4.58. The molecule has 18 heavy (non-hydrogen) atoms. The number of nitrogen functional groups attached to an aromatic ring is 1. The maximum absolute atomic E-state index is 12.4. The van der Waals surface area contributed by atoms with Crippen molar-refractivity contribution in [3.05, 3.63) is 11.9 Å².